The van der Waals surface area contributed by atoms with E-state index < -0.39 is 5.60 Å². The lowest BCUT2D eigenvalue weighted by Gasteiger charge is -2.34. The number of carbonyl (C=O) groups excluding carboxylic acids is 2. The molecule has 3 rings (SSSR count). The minimum atomic E-state index is -0.503. The smallest absolute Gasteiger partial charge is 0.410 e. The lowest BCUT2D eigenvalue weighted by atomic mass is 9.94. The van der Waals surface area contributed by atoms with Crippen molar-refractivity contribution in [2.45, 2.75) is 64.5 Å². The van der Waals surface area contributed by atoms with Gasteiger partial charge in [-0.1, -0.05) is 0 Å². The summed E-state index contributed by atoms with van der Waals surface area (Å²) in [5, 5.41) is 13.7. The minimum Gasteiger partial charge on any atom is -0.444 e. The number of nitriles is 1. The molecule has 0 radical (unpaired) electrons. The third kappa shape index (κ3) is 3.53. The van der Waals surface area contributed by atoms with Crippen LogP contribution in [-0.2, 0) is 11.2 Å². The highest BCUT2D eigenvalue weighted by molar-refractivity contribution is 6.00. The number of likely N-dealkylation sites (tertiary alicyclic amines) is 1. The highest BCUT2D eigenvalue weighted by Gasteiger charge is 2.33. The molecular formula is C18H24N4O3. The summed E-state index contributed by atoms with van der Waals surface area (Å²) in [5.41, 5.74) is 1.15. The number of rotatable bonds is 1. The number of hydrogen-bond acceptors (Lipinski definition) is 5. The maximum absolute atomic E-state index is 12.2. The zero-order chi connectivity index (χ0) is 18.2. The summed E-state index contributed by atoms with van der Waals surface area (Å²) >= 11 is 0. The van der Waals surface area contributed by atoms with Crippen molar-refractivity contribution in [3.63, 3.8) is 0 Å². The number of Topliss-reactive ketones (excluding diaryl/α,β-unsaturated/α-hetero) is 1. The van der Waals surface area contributed by atoms with Gasteiger partial charge in [-0.2, -0.15) is 10.4 Å². The van der Waals surface area contributed by atoms with Crippen molar-refractivity contribution >= 4 is 11.9 Å². The van der Waals surface area contributed by atoms with Gasteiger partial charge in [0.15, 0.2) is 11.5 Å². The molecule has 7 heteroatoms. The molecule has 7 nitrogen and oxygen atoms in total. The van der Waals surface area contributed by atoms with Crippen LogP contribution in [0.4, 0.5) is 4.79 Å². The van der Waals surface area contributed by atoms with Crippen molar-refractivity contribution < 1.29 is 14.3 Å². The van der Waals surface area contributed by atoms with Crippen LogP contribution in [0.1, 0.15) is 74.2 Å². The number of nitrogens with zero attached hydrogens (tertiary/aromatic N) is 4. The van der Waals surface area contributed by atoms with Gasteiger partial charge in [-0.3, -0.25) is 9.48 Å². The van der Waals surface area contributed by atoms with Crippen molar-refractivity contribution in [1.82, 2.24) is 14.7 Å². The summed E-state index contributed by atoms with van der Waals surface area (Å²) in [6, 6.07) is 2.17. The van der Waals surface area contributed by atoms with Crippen LogP contribution in [-0.4, -0.2) is 45.2 Å². The molecule has 1 aromatic rings. The zero-order valence-corrected chi connectivity index (χ0v) is 15.0. The molecule has 0 spiro atoms. The monoisotopic (exact) mass is 344 g/mol. The fraction of sp³-hybridized carbons (Fsp3) is 0.667. The number of amides is 1. The third-order valence-electron chi connectivity index (χ3n) is 4.67. The molecule has 25 heavy (non-hydrogen) atoms. The van der Waals surface area contributed by atoms with Crippen LogP contribution in [0.3, 0.4) is 0 Å². The summed E-state index contributed by atoms with van der Waals surface area (Å²) < 4.78 is 7.29. The molecule has 0 unspecified atom stereocenters. The maximum atomic E-state index is 12.2. The fourth-order valence-corrected chi connectivity index (χ4v) is 3.54. The van der Waals surface area contributed by atoms with E-state index in [-0.39, 0.29) is 23.6 Å². The molecule has 0 aromatic carbocycles. The largest absolute Gasteiger partial charge is 0.444 e. The van der Waals surface area contributed by atoms with Gasteiger partial charge in [-0.15, -0.1) is 0 Å². The molecule has 1 fully saturated rings. The first-order valence-corrected chi connectivity index (χ1v) is 8.83. The molecule has 0 atom stereocenters. The van der Waals surface area contributed by atoms with Gasteiger partial charge in [0.05, 0.1) is 17.3 Å². The predicted octanol–water partition coefficient (Wildman–Crippen LogP) is 2.85. The zero-order valence-electron chi connectivity index (χ0n) is 15.0. The number of fused-ring (bicyclic) bond motifs is 1. The Labute approximate surface area is 147 Å². The van der Waals surface area contributed by atoms with E-state index in [1.54, 1.807) is 4.90 Å². The molecule has 134 valence electrons. The molecule has 0 N–H and O–H groups in total. The summed E-state index contributed by atoms with van der Waals surface area (Å²) in [6.07, 6.45) is 3.27. The quantitative estimate of drug-likeness (QED) is 0.781. The summed E-state index contributed by atoms with van der Waals surface area (Å²) in [4.78, 5) is 26.1. The summed E-state index contributed by atoms with van der Waals surface area (Å²) in [6.45, 7) is 6.74. The fourth-order valence-electron chi connectivity index (χ4n) is 3.54. The Hall–Kier alpha value is -2.36. The summed E-state index contributed by atoms with van der Waals surface area (Å²) in [5.74, 6) is 0.0234. The molecule has 0 bridgehead atoms. The number of aromatic nitrogens is 2. The molecule has 1 aromatic heterocycles. The van der Waals surface area contributed by atoms with Crippen molar-refractivity contribution in [2.24, 2.45) is 0 Å². The Morgan fingerprint density at radius 1 is 1.28 bits per heavy atom. The van der Waals surface area contributed by atoms with Crippen molar-refractivity contribution in [1.29, 1.82) is 5.26 Å². The van der Waals surface area contributed by atoms with Gasteiger partial charge in [0.25, 0.3) is 0 Å². The van der Waals surface area contributed by atoms with Crippen molar-refractivity contribution in [2.75, 3.05) is 13.1 Å². The van der Waals surface area contributed by atoms with E-state index in [4.69, 9.17) is 4.74 Å². The maximum Gasteiger partial charge on any atom is 0.410 e. The Bertz CT molecular complexity index is 731. The minimum absolute atomic E-state index is 0.0234. The van der Waals surface area contributed by atoms with Crippen molar-refractivity contribution in [3.05, 3.63) is 17.0 Å². The van der Waals surface area contributed by atoms with E-state index in [9.17, 15) is 14.9 Å². The molecular weight excluding hydrogens is 320 g/mol. The predicted molar refractivity (Wildman–Crippen MR) is 90.3 cm³/mol. The SMILES string of the molecule is CC(C)(C)OC(=O)N1CCC(n2nc(C#N)c3c2CCCC3=O)CC1. The first kappa shape index (κ1) is 17.5. The molecule has 1 aliphatic carbocycles. The topological polar surface area (TPSA) is 88.2 Å². The van der Waals surface area contributed by atoms with Crippen LogP contribution >= 0.6 is 0 Å². The van der Waals surface area contributed by atoms with E-state index in [2.05, 4.69) is 11.2 Å². The van der Waals surface area contributed by atoms with E-state index in [1.165, 1.54) is 0 Å². The van der Waals surface area contributed by atoms with Crippen LogP contribution in [0.25, 0.3) is 0 Å². The molecule has 0 saturated carbocycles. The second kappa shape index (κ2) is 6.51. The molecule has 1 aliphatic heterocycles. The second-order valence-corrected chi connectivity index (χ2v) is 7.70. The lowest BCUT2D eigenvalue weighted by Crippen LogP contribution is -2.42. The number of piperidine rings is 1. The van der Waals surface area contributed by atoms with Crippen LogP contribution in [0.2, 0.25) is 0 Å². The van der Waals surface area contributed by atoms with E-state index >= 15 is 0 Å². The van der Waals surface area contributed by atoms with Gasteiger partial charge in [0.2, 0.25) is 0 Å². The van der Waals surface area contributed by atoms with Crippen LogP contribution < -0.4 is 0 Å². The van der Waals surface area contributed by atoms with E-state index in [1.807, 2.05) is 25.5 Å². The average Bonchev–Trinajstić information content (AvgIpc) is 2.93. The summed E-state index contributed by atoms with van der Waals surface area (Å²) in [7, 11) is 0. The van der Waals surface area contributed by atoms with Crippen LogP contribution in [0, 0.1) is 11.3 Å². The first-order valence-electron chi connectivity index (χ1n) is 8.83. The number of hydrogen-bond donors (Lipinski definition) is 0. The average molecular weight is 344 g/mol. The van der Waals surface area contributed by atoms with Crippen molar-refractivity contribution in [3.8, 4) is 6.07 Å². The number of carbonyl (C=O) groups is 2. The molecule has 1 saturated heterocycles. The highest BCUT2D eigenvalue weighted by Crippen LogP contribution is 2.31. The van der Waals surface area contributed by atoms with Crippen LogP contribution in [0.15, 0.2) is 0 Å². The Morgan fingerprint density at radius 2 is 1.96 bits per heavy atom. The number of ether oxygens (including phenoxy) is 1. The molecule has 2 aliphatic rings. The van der Waals surface area contributed by atoms with Gasteiger partial charge < -0.3 is 9.64 Å². The lowest BCUT2D eigenvalue weighted by molar-refractivity contribution is 0.0184. The number of ketones is 1. The van der Waals surface area contributed by atoms with Gasteiger partial charge in [0, 0.05) is 19.5 Å². The Balaban J connectivity index is 1.73. The van der Waals surface area contributed by atoms with E-state index in [0.29, 0.717) is 25.1 Å². The first-order chi connectivity index (χ1) is 11.8. The van der Waals surface area contributed by atoms with E-state index in [0.717, 1.165) is 31.4 Å². The van der Waals surface area contributed by atoms with Gasteiger partial charge in [0.1, 0.15) is 11.7 Å². The van der Waals surface area contributed by atoms with Gasteiger partial charge in [-0.25, -0.2) is 4.79 Å². The second-order valence-electron chi connectivity index (χ2n) is 7.70. The standard InChI is InChI=1S/C18H24N4O3/c1-18(2,3)25-17(24)21-9-7-12(8-10-21)22-14-5-4-6-15(23)16(14)13(11-19)20-22/h12H,4-10H2,1-3H3. The van der Waals surface area contributed by atoms with Crippen LogP contribution in [0.5, 0.6) is 0 Å². The third-order valence-corrected chi connectivity index (χ3v) is 4.67. The molecule has 2 heterocycles. The Kier molecular flexibility index (Phi) is 4.55. The van der Waals surface area contributed by atoms with Gasteiger partial charge >= 0.3 is 6.09 Å². The van der Waals surface area contributed by atoms with Gasteiger partial charge in [-0.05, 0) is 46.5 Å². The molecule has 1 amide bonds. The Morgan fingerprint density at radius 3 is 2.56 bits per heavy atom. The normalized spacial score (nSPS) is 18.6. The highest BCUT2D eigenvalue weighted by atomic mass is 16.6.